The van der Waals surface area contributed by atoms with E-state index in [4.69, 9.17) is 5.14 Å². The van der Waals surface area contributed by atoms with E-state index in [0.717, 1.165) is 39.0 Å². The Balaban J connectivity index is 1.92. The Labute approximate surface area is 163 Å². The fourth-order valence-corrected chi connectivity index (χ4v) is 3.80. The summed E-state index contributed by atoms with van der Waals surface area (Å²) in [7, 11) is -3.82. The van der Waals surface area contributed by atoms with Crippen molar-refractivity contribution in [2.75, 3.05) is 0 Å². The van der Waals surface area contributed by atoms with Gasteiger partial charge in [0.15, 0.2) is 0 Å². The van der Waals surface area contributed by atoms with Crippen LogP contribution in [0, 0.1) is 13.8 Å². The molecule has 0 atom stereocenters. The molecule has 0 aliphatic carbocycles. The smallest absolute Gasteiger partial charge is 0.239 e. The van der Waals surface area contributed by atoms with Crippen molar-refractivity contribution in [2.45, 2.75) is 18.7 Å². The monoisotopic (exact) mass is 390 g/mol. The Morgan fingerprint density at radius 2 is 1.61 bits per heavy atom. The van der Waals surface area contributed by atoms with Gasteiger partial charge in [0.05, 0.1) is 5.52 Å². The number of aromatic nitrogens is 3. The normalized spacial score (nSPS) is 11.7. The molecule has 4 aromatic rings. The van der Waals surface area contributed by atoms with Crippen LogP contribution in [0.5, 0.6) is 0 Å². The van der Waals surface area contributed by atoms with Crippen molar-refractivity contribution in [1.82, 2.24) is 15.0 Å². The van der Waals surface area contributed by atoms with E-state index in [1.807, 2.05) is 50.2 Å². The fraction of sp³-hybridized carbons (Fsp3) is 0.0952. The first kappa shape index (κ1) is 18.2. The molecule has 0 amide bonds. The summed E-state index contributed by atoms with van der Waals surface area (Å²) in [5.41, 5.74) is 6.35. The third-order valence-electron chi connectivity index (χ3n) is 4.51. The summed E-state index contributed by atoms with van der Waals surface area (Å²) in [6.45, 7) is 3.94. The number of nitrogens with two attached hydrogens (primary N) is 1. The maximum absolute atomic E-state index is 11.7. The van der Waals surface area contributed by atoms with Gasteiger partial charge in [0.2, 0.25) is 10.0 Å². The second-order valence-corrected chi connectivity index (χ2v) is 8.24. The lowest BCUT2D eigenvalue weighted by molar-refractivity contribution is 0.597. The quantitative estimate of drug-likeness (QED) is 0.576. The summed E-state index contributed by atoms with van der Waals surface area (Å²) in [6, 6.07) is 13.4. The van der Waals surface area contributed by atoms with Crippen LogP contribution in [-0.2, 0) is 10.0 Å². The van der Waals surface area contributed by atoms with E-state index in [1.54, 1.807) is 12.4 Å². The number of sulfonamides is 1. The van der Waals surface area contributed by atoms with Crippen molar-refractivity contribution in [2.24, 2.45) is 5.14 Å². The van der Waals surface area contributed by atoms with E-state index < -0.39 is 10.0 Å². The van der Waals surface area contributed by atoms with Gasteiger partial charge in [-0.05, 0) is 66.9 Å². The number of aryl methyl sites for hydroxylation is 2. The van der Waals surface area contributed by atoms with E-state index in [2.05, 4.69) is 15.0 Å². The van der Waals surface area contributed by atoms with E-state index in [0.29, 0.717) is 5.56 Å². The summed E-state index contributed by atoms with van der Waals surface area (Å²) >= 11 is 0. The van der Waals surface area contributed by atoms with Crippen LogP contribution in [0.2, 0.25) is 0 Å². The minimum absolute atomic E-state index is 0.0168. The fourth-order valence-electron chi connectivity index (χ4n) is 3.30. The first-order valence-corrected chi connectivity index (χ1v) is 10.2. The number of primary sulfonamides is 1. The number of rotatable bonds is 3. The highest BCUT2D eigenvalue weighted by Gasteiger charge is 2.12. The maximum atomic E-state index is 11.7. The van der Waals surface area contributed by atoms with Gasteiger partial charge in [-0.1, -0.05) is 6.07 Å². The van der Waals surface area contributed by atoms with E-state index in [9.17, 15) is 8.42 Å². The molecule has 0 spiro atoms. The SMILES string of the molecule is Cc1cc(-c2ccnc3ccc(-c4cncc(S(N)(=O)=O)c4)cc23)cc(C)n1. The summed E-state index contributed by atoms with van der Waals surface area (Å²) in [4.78, 5) is 12.9. The molecule has 28 heavy (non-hydrogen) atoms. The highest BCUT2D eigenvalue weighted by Crippen LogP contribution is 2.32. The molecule has 3 aromatic heterocycles. The van der Waals surface area contributed by atoms with Gasteiger partial charge in [-0.25, -0.2) is 13.6 Å². The van der Waals surface area contributed by atoms with Crippen LogP contribution in [0.4, 0.5) is 0 Å². The first-order chi connectivity index (χ1) is 13.3. The van der Waals surface area contributed by atoms with Crippen LogP contribution in [0.15, 0.2) is 66.0 Å². The average Bonchev–Trinajstić information content (AvgIpc) is 2.66. The second kappa shape index (κ2) is 6.78. The molecule has 2 N–H and O–H groups in total. The molecule has 0 bridgehead atoms. The molecule has 0 radical (unpaired) electrons. The van der Waals surface area contributed by atoms with Crippen LogP contribution in [0.1, 0.15) is 11.4 Å². The van der Waals surface area contributed by atoms with Gasteiger partial charge in [-0.15, -0.1) is 0 Å². The summed E-state index contributed by atoms with van der Waals surface area (Å²) in [5.74, 6) is 0. The summed E-state index contributed by atoms with van der Waals surface area (Å²) in [5, 5.41) is 6.20. The van der Waals surface area contributed by atoms with Gasteiger partial charge in [0, 0.05) is 40.9 Å². The first-order valence-electron chi connectivity index (χ1n) is 8.64. The zero-order valence-corrected chi connectivity index (χ0v) is 16.2. The van der Waals surface area contributed by atoms with Crippen molar-refractivity contribution >= 4 is 20.9 Å². The average molecular weight is 390 g/mol. The van der Waals surface area contributed by atoms with Crippen molar-refractivity contribution < 1.29 is 8.42 Å². The number of hydrogen-bond acceptors (Lipinski definition) is 5. The van der Waals surface area contributed by atoms with Crippen LogP contribution in [0.25, 0.3) is 33.2 Å². The van der Waals surface area contributed by atoms with Crippen LogP contribution < -0.4 is 5.14 Å². The lowest BCUT2D eigenvalue weighted by Gasteiger charge is -2.10. The Hall–Kier alpha value is -3.16. The molecule has 0 unspecified atom stereocenters. The lowest BCUT2D eigenvalue weighted by atomic mass is 9.97. The topological polar surface area (TPSA) is 98.8 Å². The van der Waals surface area contributed by atoms with Gasteiger partial charge in [0.1, 0.15) is 4.90 Å². The standard InChI is InChI=1S/C21H18N4O2S/c1-13-7-16(8-14(2)25-13)19-5-6-24-21-4-3-15(10-20(19)21)17-9-18(12-23-11-17)28(22,26)27/h3-12H,1-2H3,(H2,22,26,27). The molecule has 0 saturated heterocycles. The molecule has 0 saturated carbocycles. The molecule has 3 heterocycles. The Bertz CT molecular complexity index is 1300. The molecule has 6 nitrogen and oxygen atoms in total. The van der Waals surface area contributed by atoms with Gasteiger partial charge < -0.3 is 0 Å². The van der Waals surface area contributed by atoms with Crippen molar-refractivity contribution in [3.63, 3.8) is 0 Å². The minimum Gasteiger partial charge on any atom is -0.263 e. The Kier molecular flexibility index (Phi) is 4.41. The zero-order chi connectivity index (χ0) is 19.9. The van der Waals surface area contributed by atoms with Crippen molar-refractivity contribution in [1.29, 1.82) is 0 Å². The minimum atomic E-state index is -3.82. The number of benzene rings is 1. The van der Waals surface area contributed by atoms with Gasteiger partial charge in [-0.3, -0.25) is 15.0 Å². The molecule has 1 aromatic carbocycles. The highest BCUT2D eigenvalue weighted by molar-refractivity contribution is 7.89. The Morgan fingerprint density at radius 3 is 2.32 bits per heavy atom. The summed E-state index contributed by atoms with van der Waals surface area (Å²) < 4.78 is 23.3. The van der Waals surface area contributed by atoms with Gasteiger partial charge in [-0.2, -0.15) is 0 Å². The molecule has 140 valence electrons. The zero-order valence-electron chi connectivity index (χ0n) is 15.4. The highest BCUT2D eigenvalue weighted by atomic mass is 32.2. The van der Waals surface area contributed by atoms with Gasteiger partial charge >= 0.3 is 0 Å². The molecule has 0 aliphatic rings. The number of fused-ring (bicyclic) bond motifs is 1. The second-order valence-electron chi connectivity index (χ2n) is 6.68. The predicted octanol–water partition coefficient (Wildman–Crippen LogP) is 3.62. The van der Waals surface area contributed by atoms with Gasteiger partial charge in [0.25, 0.3) is 0 Å². The molecule has 7 heteroatoms. The van der Waals surface area contributed by atoms with Crippen LogP contribution in [-0.4, -0.2) is 23.4 Å². The predicted molar refractivity (Wildman–Crippen MR) is 109 cm³/mol. The third-order valence-corrected chi connectivity index (χ3v) is 5.39. The number of nitrogens with zero attached hydrogens (tertiary/aromatic N) is 3. The van der Waals surface area contributed by atoms with Crippen molar-refractivity contribution in [3.8, 4) is 22.3 Å². The van der Waals surface area contributed by atoms with E-state index in [-0.39, 0.29) is 4.90 Å². The molecule has 0 aliphatic heterocycles. The largest absolute Gasteiger partial charge is 0.263 e. The molecule has 0 fully saturated rings. The molecule has 4 rings (SSSR count). The number of hydrogen-bond donors (Lipinski definition) is 1. The number of pyridine rings is 3. The Morgan fingerprint density at radius 1 is 0.857 bits per heavy atom. The maximum Gasteiger partial charge on any atom is 0.239 e. The van der Waals surface area contributed by atoms with E-state index >= 15 is 0 Å². The van der Waals surface area contributed by atoms with Crippen LogP contribution in [0.3, 0.4) is 0 Å². The summed E-state index contributed by atoms with van der Waals surface area (Å²) in [6.07, 6.45) is 4.65. The van der Waals surface area contributed by atoms with E-state index in [1.165, 1.54) is 12.3 Å². The van der Waals surface area contributed by atoms with Crippen molar-refractivity contribution in [3.05, 3.63) is 72.4 Å². The van der Waals surface area contributed by atoms with Crippen LogP contribution >= 0.6 is 0 Å². The third kappa shape index (κ3) is 3.49. The lowest BCUT2D eigenvalue weighted by Crippen LogP contribution is -2.12. The molecular formula is C21H18N4O2S. The molecular weight excluding hydrogens is 372 g/mol.